The van der Waals surface area contributed by atoms with Gasteiger partial charge in [0.05, 0.1) is 6.61 Å². The lowest BCUT2D eigenvalue weighted by Crippen LogP contribution is -2.27. The van der Waals surface area contributed by atoms with Crippen molar-refractivity contribution in [3.05, 3.63) is 11.6 Å². The van der Waals surface area contributed by atoms with Crippen LogP contribution in [0, 0.1) is 0 Å². The monoisotopic (exact) mass is 212 g/mol. The molecule has 0 aromatic heterocycles. The van der Waals surface area contributed by atoms with Gasteiger partial charge in [-0.25, -0.2) is 0 Å². The lowest BCUT2D eigenvalue weighted by atomic mass is 10.1. The van der Waals surface area contributed by atoms with Crippen molar-refractivity contribution in [3.8, 4) is 0 Å². The summed E-state index contributed by atoms with van der Waals surface area (Å²) in [4.78, 5) is 11.2. The number of nitrogens with one attached hydrogen (secondary N) is 2. The Bertz CT molecular complexity index is 227. The number of methoxy groups -OCH3 is 1. The van der Waals surface area contributed by atoms with Crippen molar-refractivity contribution >= 4 is 5.91 Å². The number of amides is 1. The molecule has 0 spiro atoms. The largest absolute Gasteiger partial charge is 0.384 e. The van der Waals surface area contributed by atoms with Gasteiger partial charge >= 0.3 is 0 Å². The van der Waals surface area contributed by atoms with Gasteiger partial charge in [0.25, 0.3) is 0 Å². The maximum Gasteiger partial charge on any atom is 0.222 e. The summed E-state index contributed by atoms with van der Waals surface area (Å²) in [5, 5.41) is 6.15. The second kappa shape index (κ2) is 7.43. The van der Waals surface area contributed by atoms with E-state index < -0.39 is 0 Å². The third-order valence-corrected chi connectivity index (χ3v) is 2.46. The number of hydrogen-bond donors (Lipinski definition) is 2. The molecule has 86 valence electrons. The first-order valence-electron chi connectivity index (χ1n) is 5.47. The zero-order valence-corrected chi connectivity index (χ0v) is 9.34. The van der Waals surface area contributed by atoms with Gasteiger partial charge in [0, 0.05) is 26.6 Å². The molecule has 0 aliphatic carbocycles. The summed E-state index contributed by atoms with van der Waals surface area (Å²) >= 11 is 0. The Hall–Kier alpha value is -0.870. The SMILES string of the molecule is COCCC(=O)NCCC1=CCNCC1. The topological polar surface area (TPSA) is 50.4 Å². The van der Waals surface area contributed by atoms with E-state index in [1.807, 2.05) is 0 Å². The molecule has 1 aliphatic heterocycles. The van der Waals surface area contributed by atoms with Crippen LogP contribution in [0.25, 0.3) is 0 Å². The van der Waals surface area contributed by atoms with Crippen molar-refractivity contribution in [2.24, 2.45) is 0 Å². The normalized spacial score (nSPS) is 15.9. The standard InChI is InChI=1S/C11H20N2O2/c1-15-9-5-11(14)13-8-4-10-2-6-12-7-3-10/h2,12H,3-9H2,1H3,(H,13,14). The molecule has 0 fully saturated rings. The fraction of sp³-hybridized carbons (Fsp3) is 0.727. The second-order valence-corrected chi connectivity index (χ2v) is 3.66. The average molecular weight is 212 g/mol. The Morgan fingerprint density at radius 1 is 1.67 bits per heavy atom. The highest BCUT2D eigenvalue weighted by molar-refractivity contribution is 5.75. The molecular weight excluding hydrogens is 192 g/mol. The third kappa shape index (κ3) is 5.54. The van der Waals surface area contributed by atoms with Crippen LogP contribution in [0.2, 0.25) is 0 Å². The molecule has 4 nitrogen and oxygen atoms in total. The molecule has 0 saturated carbocycles. The Kier molecular flexibility index (Phi) is 6.04. The van der Waals surface area contributed by atoms with Crippen LogP contribution in [0.1, 0.15) is 19.3 Å². The Morgan fingerprint density at radius 2 is 2.53 bits per heavy atom. The van der Waals surface area contributed by atoms with Gasteiger partial charge in [-0.1, -0.05) is 11.6 Å². The minimum Gasteiger partial charge on any atom is -0.384 e. The molecule has 0 unspecified atom stereocenters. The highest BCUT2D eigenvalue weighted by Gasteiger charge is 2.04. The van der Waals surface area contributed by atoms with Crippen LogP contribution in [0.4, 0.5) is 0 Å². The van der Waals surface area contributed by atoms with Crippen molar-refractivity contribution in [1.29, 1.82) is 0 Å². The maximum atomic E-state index is 11.2. The van der Waals surface area contributed by atoms with Gasteiger partial charge in [0.1, 0.15) is 0 Å². The summed E-state index contributed by atoms with van der Waals surface area (Å²) in [5.41, 5.74) is 1.45. The van der Waals surface area contributed by atoms with E-state index in [1.165, 1.54) is 5.57 Å². The predicted molar refractivity (Wildman–Crippen MR) is 59.7 cm³/mol. The molecule has 15 heavy (non-hydrogen) atoms. The van der Waals surface area contributed by atoms with Crippen molar-refractivity contribution < 1.29 is 9.53 Å². The van der Waals surface area contributed by atoms with Gasteiger partial charge in [-0.15, -0.1) is 0 Å². The first-order chi connectivity index (χ1) is 7.33. The molecule has 1 aliphatic rings. The summed E-state index contributed by atoms with van der Waals surface area (Å²) in [6.45, 7) is 3.27. The molecule has 0 saturated heterocycles. The van der Waals surface area contributed by atoms with Gasteiger partial charge in [-0.3, -0.25) is 4.79 Å². The minimum atomic E-state index is 0.0754. The maximum absolute atomic E-state index is 11.2. The number of carbonyl (C=O) groups is 1. The van der Waals surface area contributed by atoms with Crippen LogP contribution in [-0.4, -0.2) is 39.3 Å². The smallest absolute Gasteiger partial charge is 0.222 e. The molecule has 0 aromatic carbocycles. The molecule has 2 N–H and O–H groups in total. The summed E-state index contributed by atoms with van der Waals surface area (Å²) in [7, 11) is 1.60. The number of hydrogen-bond acceptors (Lipinski definition) is 3. The van der Waals surface area contributed by atoms with Crippen molar-refractivity contribution in [3.63, 3.8) is 0 Å². The molecule has 1 amide bonds. The van der Waals surface area contributed by atoms with Gasteiger partial charge in [-0.2, -0.15) is 0 Å². The number of carbonyl (C=O) groups excluding carboxylic acids is 1. The highest BCUT2D eigenvalue weighted by atomic mass is 16.5. The van der Waals surface area contributed by atoms with Crippen LogP contribution in [0.15, 0.2) is 11.6 Å². The van der Waals surface area contributed by atoms with E-state index in [0.717, 1.165) is 32.5 Å². The number of ether oxygens (including phenoxy) is 1. The minimum absolute atomic E-state index is 0.0754. The van der Waals surface area contributed by atoms with Gasteiger partial charge < -0.3 is 15.4 Å². The fourth-order valence-electron chi connectivity index (χ4n) is 1.54. The van der Waals surface area contributed by atoms with E-state index in [4.69, 9.17) is 4.74 Å². The van der Waals surface area contributed by atoms with Crippen molar-refractivity contribution in [2.75, 3.05) is 33.4 Å². The lowest BCUT2D eigenvalue weighted by Gasteiger charge is -2.14. The zero-order chi connectivity index (χ0) is 10.9. The lowest BCUT2D eigenvalue weighted by molar-refractivity contribution is -0.121. The zero-order valence-electron chi connectivity index (χ0n) is 9.34. The van der Waals surface area contributed by atoms with E-state index in [1.54, 1.807) is 7.11 Å². The first-order valence-corrected chi connectivity index (χ1v) is 5.47. The van der Waals surface area contributed by atoms with Crippen LogP contribution >= 0.6 is 0 Å². The summed E-state index contributed by atoms with van der Waals surface area (Å²) in [6, 6.07) is 0. The quantitative estimate of drug-likeness (QED) is 0.628. The van der Waals surface area contributed by atoms with Gasteiger partial charge in [0.2, 0.25) is 5.91 Å². The Labute approximate surface area is 91.1 Å². The van der Waals surface area contributed by atoms with Crippen LogP contribution in [0.3, 0.4) is 0 Å². The Morgan fingerprint density at radius 3 is 3.20 bits per heavy atom. The van der Waals surface area contributed by atoms with Crippen molar-refractivity contribution in [2.45, 2.75) is 19.3 Å². The molecule has 0 aromatic rings. The molecular formula is C11H20N2O2. The summed E-state index contributed by atoms with van der Waals surface area (Å²) < 4.78 is 4.83. The first kappa shape index (κ1) is 12.2. The molecule has 0 radical (unpaired) electrons. The van der Waals surface area contributed by atoms with Crippen molar-refractivity contribution in [1.82, 2.24) is 10.6 Å². The second-order valence-electron chi connectivity index (χ2n) is 3.66. The average Bonchev–Trinajstić information content (AvgIpc) is 2.28. The molecule has 4 heteroatoms. The molecule has 0 bridgehead atoms. The fourth-order valence-corrected chi connectivity index (χ4v) is 1.54. The van der Waals surface area contributed by atoms with E-state index in [0.29, 0.717) is 13.0 Å². The van der Waals surface area contributed by atoms with Crippen LogP contribution in [-0.2, 0) is 9.53 Å². The molecule has 1 heterocycles. The van der Waals surface area contributed by atoms with E-state index in [9.17, 15) is 4.79 Å². The van der Waals surface area contributed by atoms with E-state index >= 15 is 0 Å². The van der Waals surface area contributed by atoms with Crippen LogP contribution < -0.4 is 10.6 Å². The van der Waals surface area contributed by atoms with E-state index in [-0.39, 0.29) is 5.91 Å². The third-order valence-electron chi connectivity index (χ3n) is 2.46. The Balaban J connectivity index is 2.04. The number of rotatable bonds is 6. The predicted octanol–water partition coefficient (Wildman–Crippen LogP) is 0.449. The van der Waals surface area contributed by atoms with Crippen LogP contribution in [0.5, 0.6) is 0 Å². The molecule has 0 atom stereocenters. The molecule has 1 rings (SSSR count). The highest BCUT2D eigenvalue weighted by Crippen LogP contribution is 2.07. The van der Waals surface area contributed by atoms with Gasteiger partial charge in [-0.05, 0) is 19.4 Å². The summed E-state index contributed by atoms with van der Waals surface area (Å²) in [6.07, 6.45) is 4.75. The van der Waals surface area contributed by atoms with Gasteiger partial charge in [0.15, 0.2) is 0 Å². The summed E-state index contributed by atoms with van der Waals surface area (Å²) in [5.74, 6) is 0.0754. The van der Waals surface area contributed by atoms with E-state index in [2.05, 4.69) is 16.7 Å².